The van der Waals surface area contributed by atoms with Crippen LogP contribution in [0.1, 0.15) is 0 Å². The standard InChI is InChI=1S/C17H22N4O/c1-22-17-8-6-16(7-9-17)21-12-10-20(11-13-21)15-4-2-14(19-18)3-5-15/h2-9,19H,10-13,18H2,1H3. The first-order valence-electron chi connectivity index (χ1n) is 7.51. The van der Waals surface area contributed by atoms with E-state index < -0.39 is 0 Å². The lowest BCUT2D eigenvalue weighted by atomic mass is 10.2. The van der Waals surface area contributed by atoms with E-state index in [1.54, 1.807) is 7.11 Å². The van der Waals surface area contributed by atoms with Crippen molar-refractivity contribution in [3.8, 4) is 5.75 Å². The van der Waals surface area contributed by atoms with Crippen LogP contribution in [0.15, 0.2) is 48.5 Å². The molecule has 0 atom stereocenters. The highest BCUT2D eigenvalue weighted by Crippen LogP contribution is 2.23. The predicted octanol–water partition coefficient (Wildman–Crippen LogP) is 2.31. The Balaban J connectivity index is 1.61. The molecule has 0 saturated carbocycles. The number of nitrogens with one attached hydrogen (secondary N) is 1. The topological polar surface area (TPSA) is 53.8 Å². The highest BCUT2D eigenvalue weighted by atomic mass is 16.5. The SMILES string of the molecule is COc1ccc(N2CCN(c3ccc(NN)cc3)CC2)cc1. The molecule has 1 aliphatic rings. The number of hydrogen-bond acceptors (Lipinski definition) is 5. The third kappa shape index (κ3) is 3.09. The van der Waals surface area contributed by atoms with Gasteiger partial charge < -0.3 is 20.0 Å². The zero-order chi connectivity index (χ0) is 15.4. The van der Waals surface area contributed by atoms with Crippen molar-refractivity contribution in [2.75, 3.05) is 48.5 Å². The summed E-state index contributed by atoms with van der Waals surface area (Å²) in [4.78, 5) is 4.81. The Labute approximate surface area is 131 Å². The van der Waals surface area contributed by atoms with Crippen molar-refractivity contribution in [2.24, 2.45) is 5.84 Å². The zero-order valence-electron chi connectivity index (χ0n) is 12.8. The fourth-order valence-electron chi connectivity index (χ4n) is 2.78. The van der Waals surface area contributed by atoms with Gasteiger partial charge in [0.2, 0.25) is 0 Å². The zero-order valence-corrected chi connectivity index (χ0v) is 12.8. The average molecular weight is 298 g/mol. The van der Waals surface area contributed by atoms with Gasteiger partial charge in [0.1, 0.15) is 5.75 Å². The van der Waals surface area contributed by atoms with Gasteiger partial charge in [-0.1, -0.05) is 0 Å². The smallest absolute Gasteiger partial charge is 0.119 e. The summed E-state index contributed by atoms with van der Waals surface area (Å²) in [6.07, 6.45) is 0. The second-order valence-corrected chi connectivity index (χ2v) is 5.36. The van der Waals surface area contributed by atoms with Gasteiger partial charge in [0.15, 0.2) is 0 Å². The molecule has 0 unspecified atom stereocenters. The number of ether oxygens (including phenoxy) is 1. The quantitative estimate of drug-likeness (QED) is 0.670. The monoisotopic (exact) mass is 298 g/mol. The van der Waals surface area contributed by atoms with Gasteiger partial charge in [0, 0.05) is 43.2 Å². The molecule has 1 heterocycles. The van der Waals surface area contributed by atoms with E-state index in [9.17, 15) is 0 Å². The minimum absolute atomic E-state index is 0.899. The van der Waals surface area contributed by atoms with Crippen molar-refractivity contribution < 1.29 is 4.74 Å². The number of nitrogen functional groups attached to an aromatic ring is 1. The van der Waals surface area contributed by atoms with E-state index in [-0.39, 0.29) is 0 Å². The van der Waals surface area contributed by atoms with E-state index in [4.69, 9.17) is 10.6 Å². The molecule has 0 amide bonds. The molecule has 5 heteroatoms. The van der Waals surface area contributed by atoms with Gasteiger partial charge in [-0.3, -0.25) is 5.84 Å². The number of nitrogens with two attached hydrogens (primary N) is 1. The number of benzene rings is 2. The van der Waals surface area contributed by atoms with Crippen molar-refractivity contribution >= 4 is 17.1 Å². The fraction of sp³-hybridized carbons (Fsp3) is 0.294. The van der Waals surface area contributed by atoms with Crippen LogP contribution in [-0.2, 0) is 0 Å². The molecule has 5 nitrogen and oxygen atoms in total. The molecular weight excluding hydrogens is 276 g/mol. The van der Waals surface area contributed by atoms with Gasteiger partial charge in [-0.25, -0.2) is 0 Å². The molecule has 2 aromatic rings. The highest BCUT2D eigenvalue weighted by molar-refractivity contribution is 5.56. The van der Waals surface area contributed by atoms with Crippen molar-refractivity contribution in [1.82, 2.24) is 0 Å². The number of hydrogen-bond donors (Lipinski definition) is 2. The Morgan fingerprint density at radius 1 is 0.818 bits per heavy atom. The molecule has 0 spiro atoms. The molecule has 1 saturated heterocycles. The van der Waals surface area contributed by atoms with Crippen LogP contribution in [0.25, 0.3) is 0 Å². The molecule has 3 N–H and O–H groups in total. The molecule has 1 aliphatic heterocycles. The molecule has 0 aromatic heterocycles. The van der Waals surface area contributed by atoms with Crippen LogP contribution < -0.4 is 25.8 Å². The summed E-state index contributed by atoms with van der Waals surface area (Å²) in [7, 11) is 1.69. The van der Waals surface area contributed by atoms with Crippen LogP contribution in [-0.4, -0.2) is 33.3 Å². The fourth-order valence-corrected chi connectivity index (χ4v) is 2.78. The maximum absolute atomic E-state index is 5.40. The van der Waals surface area contributed by atoms with Crippen LogP contribution >= 0.6 is 0 Å². The van der Waals surface area contributed by atoms with E-state index >= 15 is 0 Å². The van der Waals surface area contributed by atoms with Crippen LogP contribution in [0.5, 0.6) is 5.75 Å². The largest absolute Gasteiger partial charge is 0.497 e. The predicted molar refractivity (Wildman–Crippen MR) is 91.7 cm³/mol. The first-order chi connectivity index (χ1) is 10.8. The normalized spacial score (nSPS) is 14.8. The summed E-state index contributed by atoms with van der Waals surface area (Å²) in [6, 6.07) is 16.5. The number of rotatable bonds is 4. The minimum atomic E-state index is 0.899. The second kappa shape index (κ2) is 6.58. The Kier molecular flexibility index (Phi) is 4.34. The summed E-state index contributed by atoms with van der Waals surface area (Å²) < 4.78 is 5.21. The number of piperazine rings is 1. The van der Waals surface area contributed by atoms with E-state index in [2.05, 4.69) is 39.5 Å². The summed E-state index contributed by atoms with van der Waals surface area (Å²) in [6.45, 7) is 4.06. The molecule has 2 aromatic carbocycles. The Morgan fingerprint density at radius 2 is 1.27 bits per heavy atom. The maximum Gasteiger partial charge on any atom is 0.119 e. The lowest BCUT2D eigenvalue weighted by Gasteiger charge is -2.37. The van der Waals surface area contributed by atoms with Gasteiger partial charge >= 0.3 is 0 Å². The maximum atomic E-state index is 5.40. The first-order valence-corrected chi connectivity index (χ1v) is 7.51. The Bertz CT molecular complexity index is 534. The lowest BCUT2D eigenvalue weighted by molar-refractivity contribution is 0.415. The third-order valence-corrected chi connectivity index (χ3v) is 4.12. The summed E-state index contributed by atoms with van der Waals surface area (Å²) in [5, 5.41) is 0. The molecular formula is C17H22N4O. The second-order valence-electron chi connectivity index (χ2n) is 5.36. The highest BCUT2D eigenvalue weighted by Gasteiger charge is 2.17. The molecule has 0 aliphatic carbocycles. The number of nitrogens with zero attached hydrogens (tertiary/aromatic N) is 2. The van der Waals surface area contributed by atoms with Gasteiger partial charge in [-0.05, 0) is 48.5 Å². The van der Waals surface area contributed by atoms with Crippen molar-refractivity contribution in [2.45, 2.75) is 0 Å². The summed E-state index contributed by atoms with van der Waals surface area (Å²) in [5.41, 5.74) is 6.09. The molecule has 0 bridgehead atoms. The minimum Gasteiger partial charge on any atom is -0.497 e. The molecule has 1 fully saturated rings. The van der Waals surface area contributed by atoms with Gasteiger partial charge in [-0.15, -0.1) is 0 Å². The van der Waals surface area contributed by atoms with Crippen molar-refractivity contribution in [3.05, 3.63) is 48.5 Å². The third-order valence-electron chi connectivity index (χ3n) is 4.12. The van der Waals surface area contributed by atoms with Crippen LogP contribution in [0.4, 0.5) is 17.1 Å². The van der Waals surface area contributed by atoms with E-state index in [0.29, 0.717) is 0 Å². The molecule has 22 heavy (non-hydrogen) atoms. The Hall–Kier alpha value is -2.40. The lowest BCUT2D eigenvalue weighted by Crippen LogP contribution is -2.46. The van der Waals surface area contributed by atoms with E-state index in [1.165, 1.54) is 11.4 Å². The van der Waals surface area contributed by atoms with Crippen molar-refractivity contribution in [3.63, 3.8) is 0 Å². The average Bonchev–Trinajstić information content (AvgIpc) is 2.62. The van der Waals surface area contributed by atoms with Crippen LogP contribution in [0.3, 0.4) is 0 Å². The van der Waals surface area contributed by atoms with Crippen LogP contribution in [0, 0.1) is 0 Å². The molecule has 116 valence electrons. The number of anilines is 3. The Morgan fingerprint density at radius 3 is 1.68 bits per heavy atom. The summed E-state index contributed by atoms with van der Waals surface area (Å²) >= 11 is 0. The van der Waals surface area contributed by atoms with Gasteiger partial charge in [0.05, 0.1) is 7.11 Å². The van der Waals surface area contributed by atoms with Gasteiger partial charge in [0.25, 0.3) is 0 Å². The summed E-state index contributed by atoms with van der Waals surface area (Å²) in [5.74, 6) is 6.30. The molecule has 3 rings (SSSR count). The number of hydrazine groups is 1. The van der Waals surface area contributed by atoms with Gasteiger partial charge in [-0.2, -0.15) is 0 Å². The van der Waals surface area contributed by atoms with Crippen LogP contribution in [0.2, 0.25) is 0 Å². The van der Waals surface area contributed by atoms with E-state index in [1.807, 2.05) is 24.3 Å². The first kappa shape index (κ1) is 14.5. The van der Waals surface area contributed by atoms with Crippen molar-refractivity contribution in [1.29, 1.82) is 0 Å². The number of methoxy groups -OCH3 is 1. The van der Waals surface area contributed by atoms with E-state index in [0.717, 1.165) is 37.6 Å². The molecule has 0 radical (unpaired) electrons.